The van der Waals surface area contributed by atoms with Crippen LogP contribution in [0.1, 0.15) is 36.8 Å². The molecule has 1 N–H and O–H groups in total. The lowest BCUT2D eigenvalue weighted by molar-refractivity contribution is -0.136. The molecule has 2 unspecified atom stereocenters. The number of benzene rings is 1. The van der Waals surface area contributed by atoms with Crippen molar-refractivity contribution in [3.8, 4) is 0 Å². The Morgan fingerprint density at radius 3 is 2.65 bits per heavy atom. The van der Waals surface area contributed by atoms with E-state index in [-0.39, 0.29) is 23.6 Å². The summed E-state index contributed by atoms with van der Waals surface area (Å²) in [7, 11) is 1.38. The van der Waals surface area contributed by atoms with Gasteiger partial charge in [0.2, 0.25) is 0 Å². The molecule has 0 aromatic heterocycles. The number of esters is 1. The van der Waals surface area contributed by atoms with E-state index in [1.807, 2.05) is 38.1 Å². The minimum Gasteiger partial charge on any atom is -0.466 e. The SMILES string of the molecule is COC(=O)C1=C(C)NC2=CCCC(=O)C2C1c1ccccc1C. The van der Waals surface area contributed by atoms with Crippen molar-refractivity contribution in [1.29, 1.82) is 0 Å². The van der Waals surface area contributed by atoms with Crippen LogP contribution < -0.4 is 5.32 Å². The first-order valence-corrected chi connectivity index (χ1v) is 7.89. The van der Waals surface area contributed by atoms with Crippen molar-refractivity contribution in [3.05, 3.63) is 58.4 Å². The Kier molecular flexibility index (Phi) is 4.07. The number of hydrogen-bond acceptors (Lipinski definition) is 4. The minimum atomic E-state index is -0.374. The fourth-order valence-electron chi connectivity index (χ4n) is 3.66. The lowest BCUT2D eigenvalue weighted by Crippen LogP contribution is -2.40. The first-order chi connectivity index (χ1) is 11.0. The van der Waals surface area contributed by atoms with Crippen LogP contribution in [0.15, 0.2) is 47.3 Å². The van der Waals surface area contributed by atoms with E-state index < -0.39 is 0 Å². The second-order valence-corrected chi connectivity index (χ2v) is 6.13. The molecule has 2 atom stereocenters. The number of methoxy groups -OCH3 is 1. The zero-order valence-electron chi connectivity index (χ0n) is 13.7. The quantitative estimate of drug-likeness (QED) is 0.853. The minimum absolute atomic E-state index is 0.178. The van der Waals surface area contributed by atoms with E-state index in [1.165, 1.54) is 7.11 Å². The number of rotatable bonds is 2. The highest BCUT2D eigenvalue weighted by Gasteiger charge is 2.43. The molecule has 0 saturated carbocycles. The number of fused-ring (bicyclic) bond motifs is 1. The molecule has 1 aliphatic heterocycles. The molecule has 1 aromatic rings. The molecular weight excluding hydrogens is 290 g/mol. The third-order valence-corrected chi connectivity index (χ3v) is 4.75. The van der Waals surface area contributed by atoms with Gasteiger partial charge in [-0.3, -0.25) is 4.79 Å². The molecule has 120 valence electrons. The molecular formula is C19H21NO3. The highest BCUT2D eigenvalue weighted by atomic mass is 16.5. The maximum absolute atomic E-state index is 12.6. The van der Waals surface area contributed by atoms with Crippen LogP contribution in [0.5, 0.6) is 0 Å². The van der Waals surface area contributed by atoms with Gasteiger partial charge in [-0.1, -0.05) is 30.3 Å². The standard InChI is InChI=1S/C19H21NO3/c1-11-7-4-5-8-13(11)17-16(19(22)23-3)12(2)20-14-9-6-10-15(21)18(14)17/h4-5,7-9,17-18,20H,6,10H2,1-3H3. The van der Waals surface area contributed by atoms with Crippen LogP contribution in [0, 0.1) is 12.8 Å². The molecule has 0 spiro atoms. The molecule has 0 bridgehead atoms. The summed E-state index contributed by atoms with van der Waals surface area (Å²) in [5.74, 6) is -0.815. The largest absolute Gasteiger partial charge is 0.466 e. The van der Waals surface area contributed by atoms with Crippen molar-refractivity contribution in [1.82, 2.24) is 5.32 Å². The molecule has 1 heterocycles. The lowest BCUT2D eigenvalue weighted by Gasteiger charge is -2.38. The Labute approximate surface area is 136 Å². The van der Waals surface area contributed by atoms with E-state index >= 15 is 0 Å². The van der Waals surface area contributed by atoms with Crippen LogP contribution in [-0.2, 0) is 14.3 Å². The van der Waals surface area contributed by atoms with Gasteiger partial charge in [0.1, 0.15) is 5.78 Å². The fourth-order valence-corrected chi connectivity index (χ4v) is 3.66. The van der Waals surface area contributed by atoms with Gasteiger partial charge in [0, 0.05) is 23.7 Å². The van der Waals surface area contributed by atoms with Crippen LogP contribution >= 0.6 is 0 Å². The number of nitrogens with one attached hydrogen (secondary N) is 1. The van der Waals surface area contributed by atoms with E-state index in [2.05, 4.69) is 11.4 Å². The number of Topliss-reactive ketones (excluding diaryl/α,β-unsaturated/α-hetero) is 1. The molecule has 23 heavy (non-hydrogen) atoms. The van der Waals surface area contributed by atoms with Crippen LogP contribution in [0.3, 0.4) is 0 Å². The third kappa shape index (κ3) is 2.58. The van der Waals surface area contributed by atoms with Gasteiger partial charge in [0.15, 0.2) is 0 Å². The number of ketones is 1. The zero-order valence-corrected chi connectivity index (χ0v) is 13.7. The first-order valence-electron chi connectivity index (χ1n) is 7.89. The summed E-state index contributed by atoms with van der Waals surface area (Å²) < 4.78 is 5.00. The Bertz CT molecular complexity index is 730. The summed E-state index contributed by atoms with van der Waals surface area (Å²) in [4.78, 5) is 25.0. The van der Waals surface area contributed by atoms with E-state index in [4.69, 9.17) is 4.74 Å². The number of ether oxygens (including phenoxy) is 1. The van der Waals surface area contributed by atoms with Gasteiger partial charge in [0.05, 0.1) is 18.6 Å². The van der Waals surface area contributed by atoms with Gasteiger partial charge >= 0.3 is 5.97 Å². The van der Waals surface area contributed by atoms with E-state index in [0.717, 1.165) is 28.9 Å². The number of hydrogen-bond donors (Lipinski definition) is 1. The molecule has 0 radical (unpaired) electrons. The van der Waals surface area contributed by atoms with E-state index in [0.29, 0.717) is 12.0 Å². The van der Waals surface area contributed by atoms with Gasteiger partial charge in [-0.05, 0) is 31.4 Å². The summed E-state index contributed by atoms with van der Waals surface area (Å²) in [6, 6.07) is 7.93. The molecule has 3 rings (SSSR count). The summed E-state index contributed by atoms with van der Waals surface area (Å²) in [5, 5.41) is 3.25. The Morgan fingerprint density at radius 1 is 1.22 bits per heavy atom. The monoisotopic (exact) mass is 311 g/mol. The predicted octanol–water partition coefficient (Wildman–Crippen LogP) is 2.99. The van der Waals surface area contributed by atoms with Crippen molar-refractivity contribution in [2.45, 2.75) is 32.6 Å². The normalized spacial score (nSPS) is 23.8. The van der Waals surface area contributed by atoms with Gasteiger partial charge in [-0.25, -0.2) is 4.79 Å². The average molecular weight is 311 g/mol. The lowest BCUT2D eigenvalue weighted by atomic mass is 9.70. The molecule has 0 saturated heterocycles. The number of carbonyl (C=O) groups excluding carboxylic acids is 2. The predicted molar refractivity (Wildman–Crippen MR) is 87.6 cm³/mol. The average Bonchev–Trinajstić information content (AvgIpc) is 2.54. The van der Waals surface area contributed by atoms with Gasteiger partial charge in [-0.2, -0.15) is 0 Å². The first kappa shape index (κ1) is 15.5. The fraction of sp³-hybridized carbons (Fsp3) is 0.368. The van der Waals surface area contributed by atoms with Crippen molar-refractivity contribution in [3.63, 3.8) is 0 Å². The van der Waals surface area contributed by atoms with Crippen molar-refractivity contribution in [2.24, 2.45) is 5.92 Å². The molecule has 1 aromatic carbocycles. The van der Waals surface area contributed by atoms with E-state index in [1.54, 1.807) is 0 Å². The van der Waals surface area contributed by atoms with Gasteiger partial charge in [0.25, 0.3) is 0 Å². The smallest absolute Gasteiger partial charge is 0.336 e. The molecule has 4 nitrogen and oxygen atoms in total. The van der Waals surface area contributed by atoms with E-state index in [9.17, 15) is 9.59 Å². The number of aryl methyl sites for hydroxylation is 1. The maximum Gasteiger partial charge on any atom is 0.336 e. The Morgan fingerprint density at radius 2 is 1.96 bits per heavy atom. The highest BCUT2D eigenvalue weighted by molar-refractivity contribution is 5.96. The number of carbonyl (C=O) groups is 2. The maximum atomic E-state index is 12.6. The molecule has 0 amide bonds. The second kappa shape index (κ2) is 6.03. The molecule has 1 aliphatic carbocycles. The summed E-state index contributed by atoms with van der Waals surface area (Å²) in [6.45, 7) is 3.88. The van der Waals surface area contributed by atoms with Gasteiger partial charge < -0.3 is 10.1 Å². The molecule has 2 aliphatic rings. The van der Waals surface area contributed by atoms with Crippen LogP contribution in [0.25, 0.3) is 0 Å². The van der Waals surface area contributed by atoms with Crippen molar-refractivity contribution in [2.75, 3.05) is 7.11 Å². The number of allylic oxidation sites excluding steroid dienone is 3. The van der Waals surface area contributed by atoms with Crippen molar-refractivity contribution < 1.29 is 14.3 Å². The third-order valence-electron chi connectivity index (χ3n) is 4.75. The van der Waals surface area contributed by atoms with Gasteiger partial charge in [-0.15, -0.1) is 0 Å². The topological polar surface area (TPSA) is 55.4 Å². The summed E-state index contributed by atoms with van der Waals surface area (Å²) in [6.07, 6.45) is 3.35. The zero-order chi connectivity index (χ0) is 16.6. The summed E-state index contributed by atoms with van der Waals surface area (Å²) >= 11 is 0. The second-order valence-electron chi connectivity index (χ2n) is 6.13. The van der Waals surface area contributed by atoms with Crippen LogP contribution in [-0.4, -0.2) is 18.9 Å². The highest BCUT2D eigenvalue weighted by Crippen LogP contribution is 2.44. The van der Waals surface area contributed by atoms with Crippen LogP contribution in [0.2, 0.25) is 0 Å². The molecule has 0 fully saturated rings. The molecule has 4 heteroatoms. The van der Waals surface area contributed by atoms with Crippen LogP contribution in [0.4, 0.5) is 0 Å². The van der Waals surface area contributed by atoms with Crippen molar-refractivity contribution >= 4 is 11.8 Å². The Hall–Kier alpha value is -2.36. The Balaban J connectivity index is 2.23. The summed E-state index contributed by atoms with van der Waals surface area (Å²) in [5.41, 5.74) is 4.33.